The summed E-state index contributed by atoms with van der Waals surface area (Å²) in [5.41, 5.74) is 1.96. The molecule has 0 aromatic heterocycles. The van der Waals surface area contributed by atoms with Crippen LogP contribution in [0, 0.1) is 10.1 Å². The molecule has 2 aromatic carbocycles. The molecule has 26 heavy (non-hydrogen) atoms. The molecule has 1 amide bonds. The highest BCUT2D eigenvalue weighted by molar-refractivity contribution is 7.99. The van der Waals surface area contributed by atoms with Gasteiger partial charge in [0.25, 0.3) is 5.69 Å². The second kappa shape index (κ2) is 8.71. The quantitative estimate of drug-likeness (QED) is 0.576. The van der Waals surface area contributed by atoms with E-state index in [9.17, 15) is 14.9 Å². The Bertz CT molecular complexity index is 762. The minimum absolute atomic E-state index is 0.116. The normalized spacial score (nSPS) is 14.3. The largest absolute Gasteiger partial charge is 0.362 e. The SMILES string of the molecule is O=C(CSCc1ccccc1)N1CCN(c2ccccc2[N+](=O)[O-])CC1. The molecule has 0 unspecified atom stereocenters. The van der Waals surface area contributed by atoms with Gasteiger partial charge in [-0.05, 0) is 11.6 Å². The van der Waals surface area contributed by atoms with E-state index in [1.54, 1.807) is 30.0 Å². The number of para-hydroxylation sites is 2. The summed E-state index contributed by atoms with van der Waals surface area (Å²) >= 11 is 1.62. The van der Waals surface area contributed by atoms with E-state index in [1.807, 2.05) is 28.0 Å². The van der Waals surface area contributed by atoms with E-state index < -0.39 is 0 Å². The van der Waals surface area contributed by atoms with Gasteiger partial charge in [-0.15, -0.1) is 11.8 Å². The van der Waals surface area contributed by atoms with E-state index in [0.29, 0.717) is 37.6 Å². The minimum Gasteiger partial charge on any atom is -0.362 e. The number of carbonyl (C=O) groups excluding carboxylic acids is 1. The number of anilines is 1. The highest BCUT2D eigenvalue weighted by Crippen LogP contribution is 2.28. The molecule has 0 aliphatic carbocycles. The first kappa shape index (κ1) is 18.3. The number of amides is 1. The number of hydrogen-bond donors (Lipinski definition) is 0. The van der Waals surface area contributed by atoms with Crippen molar-refractivity contribution in [1.82, 2.24) is 4.90 Å². The summed E-state index contributed by atoms with van der Waals surface area (Å²) in [7, 11) is 0. The van der Waals surface area contributed by atoms with Crippen molar-refractivity contribution in [2.24, 2.45) is 0 Å². The highest BCUT2D eigenvalue weighted by Gasteiger charge is 2.25. The molecule has 0 saturated carbocycles. The van der Waals surface area contributed by atoms with Crippen molar-refractivity contribution in [3.8, 4) is 0 Å². The van der Waals surface area contributed by atoms with E-state index in [1.165, 1.54) is 11.6 Å². The van der Waals surface area contributed by atoms with Gasteiger partial charge in [0.1, 0.15) is 5.69 Å². The summed E-state index contributed by atoms with van der Waals surface area (Å²) in [6, 6.07) is 16.9. The van der Waals surface area contributed by atoms with Gasteiger partial charge in [0.05, 0.1) is 10.7 Å². The van der Waals surface area contributed by atoms with Crippen molar-refractivity contribution >= 4 is 29.0 Å². The number of rotatable bonds is 6. The third-order valence-corrected chi connectivity index (χ3v) is 5.38. The topological polar surface area (TPSA) is 66.7 Å². The Morgan fingerprint density at radius 1 is 1.00 bits per heavy atom. The lowest BCUT2D eigenvalue weighted by molar-refractivity contribution is -0.384. The Hall–Kier alpha value is -2.54. The zero-order valence-corrected chi connectivity index (χ0v) is 15.2. The molecule has 1 heterocycles. The van der Waals surface area contributed by atoms with E-state index in [-0.39, 0.29) is 16.5 Å². The maximum absolute atomic E-state index is 12.4. The molecule has 1 aliphatic rings. The predicted octanol–water partition coefficient (Wildman–Crippen LogP) is 3.18. The van der Waals surface area contributed by atoms with Gasteiger partial charge in [-0.25, -0.2) is 0 Å². The van der Waals surface area contributed by atoms with Gasteiger partial charge in [0.2, 0.25) is 5.91 Å². The molecule has 0 radical (unpaired) electrons. The van der Waals surface area contributed by atoms with Crippen LogP contribution in [0.5, 0.6) is 0 Å². The first-order chi connectivity index (χ1) is 12.6. The highest BCUT2D eigenvalue weighted by atomic mass is 32.2. The number of carbonyl (C=O) groups is 1. The maximum atomic E-state index is 12.4. The fraction of sp³-hybridized carbons (Fsp3) is 0.316. The smallest absolute Gasteiger partial charge is 0.292 e. The molecule has 0 spiro atoms. The average molecular weight is 371 g/mol. The van der Waals surface area contributed by atoms with Gasteiger partial charge < -0.3 is 9.80 Å². The van der Waals surface area contributed by atoms with E-state index in [0.717, 1.165) is 5.75 Å². The van der Waals surface area contributed by atoms with Crippen molar-refractivity contribution in [3.63, 3.8) is 0 Å². The number of nitrogens with zero attached hydrogens (tertiary/aromatic N) is 3. The van der Waals surface area contributed by atoms with Gasteiger partial charge in [-0.3, -0.25) is 14.9 Å². The number of benzene rings is 2. The Labute approximate surface area is 156 Å². The minimum atomic E-state index is -0.354. The Morgan fingerprint density at radius 3 is 2.35 bits per heavy atom. The summed E-state index contributed by atoms with van der Waals surface area (Å²) in [6.07, 6.45) is 0. The van der Waals surface area contributed by atoms with E-state index in [4.69, 9.17) is 0 Å². The molecule has 1 saturated heterocycles. The van der Waals surface area contributed by atoms with Crippen LogP contribution in [0.25, 0.3) is 0 Å². The summed E-state index contributed by atoms with van der Waals surface area (Å²) in [4.78, 5) is 27.1. The Morgan fingerprint density at radius 2 is 1.65 bits per heavy atom. The summed E-state index contributed by atoms with van der Waals surface area (Å²) in [5.74, 6) is 1.41. The molecule has 2 aromatic rings. The van der Waals surface area contributed by atoms with Crippen molar-refractivity contribution < 1.29 is 9.72 Å². The van der Waals surface area contributed by atoms with Crippen LogP contribution in [0.3, 0.4) is 0 Å². The molecule has 0 atom stereocenters. The van der Waals surface area contributed by atoms with Gasteiger partial charge in [-0.2, -0.15) is 0 Å². The number of nitro benzene ring substituents is 1. The number of hydrogen-bond acceptors (Lipinski definition) is 5. The predicted molar refractivity (Wildman–Crippen MR) is 104 cm³/mol. The number of thioether (sulfide) groups is 1. The average Bonchev–Trinajstić information content (AvgIpc) is 2.69. The fourth-order valence-corrected chi connectivity index (χ4v) is 3.89. The van der Waals surface area contributed by atoms with Gasteiger partial charge >= 0.3 is 0 Å². The third-order valence-electron chi connectivity index (χ3n) is 4.39. The molecule has 1 fully saturated rings. The van der Waals surface area contributed by atoms with Crippen LogP contribution < -0.4 is 4.90 Å². The van der Waals surface area contributed by atoms with Crippen molar-refractivity contribution in [2.75, 3.05) is 36.8 Å². The Kier molecular flexibility index (Phi) is 6.12. The van der Waals surface area contributed by atoms with Gasteiger partial charge in [0, 0.05) is 38.0 Å². The second-order valence-electron chi connectivity index (χ2n) is 6.09. The van der Waals surface area contributed by atoms with E-state index in [2.05, 4.69) is 12.1 Å². The summed E-state index contributed by atoms with van der Waals surface area (Å²) in [5, 5.41) is 11.2. The number of nitro groups is 1. The van der Waals surface area contributed by atoms with Crippen molar-refractivity contribution in [3.05, 3.63) is 70.3 Å². The zero-order valence-electron chi connectivity index (χ0n) is 14.4. The first-order valence-corrected chi connectivity index (χ1v) is 9.68. The fourth-order valence-electron chi connectivity index (χ4n) is 3.00. The van der Waals surface area contributed by atoms with E-state index >= 15 is 0 Å². The van der Waals surface area contributed by atoms with Crippen LogP contribution in [0.1, 0.15) is 5.56 Å². The van der Waals surface area contributed by atoms with Crippen LogP contribution in [0.2, 0.25) is 0 Å². The standard InChI is InChI=1S/C19H21N3O3S/c23-19(15-26-14-16-6-2-1-3-7-16)21-12-10-20(11-13-21)17-8-4-5-9-18(17)22(24)25/h1-9H,10-15H2. The lowest BCUT2D eigenvalue weighted by atomic mass is 10.2. The molecule has 7 heteroatoms. The monoisotopic (exact) mass is 371 g/mol. The van der Waals surface area contributed by atoms with Crippen LogP contribution in [-0.2, 0) is 10.5 Å². The summed E-state index contributed by atoms with van der Waals surface area (Å²) in [6.45, 7) is 2.41. The first-order valence-electron chi connectivity index (χ1n) is 8.53. The van der Waals surface area contributed by atoms with Gasteiger partial charge in [-0.1, -0.05) is 42.5 Å². The molecule has 0 N–H and O–H groups in total. The number of piperazine rings is 1. The molecular formula is C19H21N3O3S. The van der Waals surface area contributed by atoms with Gasteiger partial charge in [0.15, 0.2) is 0 Å². The lowest BCUT2D eigenvalue weighted by Crippen LogP contribution is -2.49. The molecular weight excluding hydrogens is 350 g/mol. The molecule has 6 nitrogen and oxygen atoms in total. The zero-order chi connectivity index (χ0) is 18.4. The molecule has 0 bridgehead atoms. The summed E-state index contributed by atoms with van der Waals surface area (Å²) < 4.78 is 0. The van der Waals surface area contributed by atoms with Crippen LogP contribution in [0.4, 0.5) is 11.4 Å². The van der Waals surface area contributed by atoms with Crippen molar-refractivity contribution in [1.29, 1.82) is 0 Å². The molecule has 3 rings (SSSR count). The Balaban J connectivity index is 1.49. The maximum Gasteiger partial charge on any atom is 0.292 e. The van der Waals surface area contributed by atoms with Crippen LogP contribution in [-0.4, -0.2) is 47.7 Å². The van der Waals surface area contributed by atoms with Crippen LogP contribution in [0.15, 0.2) is 54.6 Å². The van der Waals surface area contributed by atoms with Crippen molar-refractivity contribution in [2.45, 2.75) is 5.75 Å². The second-order valence-corrected chi connectivity index (χ2v) is 7.08. The van der Waals surface area contributed by atoms with Crippen LogP contribution >= 0.6 is 11.8 Å². The molecule has 1 aliphatic heterocycles. The lowest BCUT2D eigenvalue weighted by Gasteiger charge is -2.35. The third kappa shape index (κ3) is 4.54. The molecule has 136 valence electrons.